The molecule has 8 nitrogen and oxygen atoms in total. The van der Waals surface area contributed by atoms with E-state index in [2.05, 4.69) is 0 Å². The Labute approximate surface area is 222 Å². The molecule has 0 aromatic heterocycles. The lowest BCUT2D eigenvalue weighted by Gasteiger charge is -2.25. The van der Waals surface area contributed by atoms with Crippen LogP contribution in [0, 0.1) is 0 Å². The molecule has 1 N–H and O–H groups in total. The maximum absolute atomic E-state index is 13.2. The average molecular weight is 518 g/mol. The molecule has 3 aromatic rings. The minimum absolute atomic E-state index is 0.0117. The van der Waals surface area contributed by atoms with Crippen LogP contribution in [0.5, 0.6) is 17.2 Å². The summed E-state index contributed by atoms with van der Waals surface area (Å²) in [6.45, 7) is 1.13. The number of carbonyl (C=O) groups excluding carboxylic acids is 2. The SMILES string of the molecule is COCCCN1C(=O)C(=O)/C(=C(\O)c2ccc(OC)c(OC)c2)C1c1ccc(OCc2ccccc2)cc1. The third-order valence-electron chi connectivity index (χ3n) is 6.39. The molecule has 1 fully saturated rings. The number of amides is 1. The number of aliphatic hydroxyl groups excluding tert-OH is 1. The van der Waals surface area contributed by atoms with E-state index in [1.807, 2.05) is 42.5 Å². The predicted octanol–water partition coefficient (Wildman–Crippen LogP) is 4.74. The number of carbonyl (C=O) groups is 2. The van der Waals surface area contributed by atoms with Crippen molar-refractivity contribution in [2.75, 3.05) is 34.5 Å². The van der Waals surface area contributed by atoms with Crippen molar-refractivity contribution in [3.63, 3.8) is 0 Å². The van der Waals surface area contributed by atoms with E-state index in [4.69, 9.17) is 18.9 Å². The summed E-state index contributed by atoms with van der Waals surface area (Å²) in [5.41, 5.74) is 2.07. The molecule has 3 aromatic carbocycles. The smallest absolute Gasteiger partial charge is 0.295 e. The molecule has 198 valence electrons. The van der Waals surface area contributed by atoms with Gasteiger partial charge in [0.15, 0.2) is 11.5 Å². The molecule has 1 aliphatic heterocycles. The summed E-state index contributed by atoms with van der Waals surface area (Å²) < 4.78 is 21.7. The summed E-state index contributed by atoms with van der Waals surface area (Å²) in [6.07, 6.45) is 0.536. The highest BCUT2D eigenvalue weighted by Gasteiger charge is 2.45. The van der Waals surface area contributed by atoms with Crippen molar-refractivity contribution in [2.24, 2.45) is 0 Å². The number of Topliss-reactive ketones (excluding diaryl/α,β-unsaturated/α-hetero) is 1. The number of likely N-dealkylation sites (tertiary alicyclic amines) is 1. The van der Waals surface area contributed by atoms with Gasteiger partial charge in [0, 0.05) is 25.8 Å². The van der Waals surface area contributed by atoms with E-state index in [9.17, 15) is 14.7 Å². The monoisotopic (exact) mass is 517 g/mol. The van der Waals surface area contributed by atoms with E-state index < -0.39 is 17.7 Å². The van der Waals surface area contributed by atoms with Gasteiger partial charge in [-0.1, -0.05) is 42.5 Å². The van der Waals surface area contributed by atoms with Crippen molar-refractivity contribution in [1.29, 1.82) is 0 Å². The summed E-state index contributed by atoms with van der Waals surface area (Å²) >= 11 is 0. The Hall–Kier alpha value is -4.30. The van der Waals surface area contributed by atoms with E-state index >= 15 is 0 Å². The van der Waals surface area contributed by atoms with Crippen molar-refractivity contribution in [2.45, 2.75) is 19.1 Å². The highest BCUT2D eigenvalue weighted by Crippen LogP contribution is 2.41. The average Bonchev–Trinajstić information content (AvgIpc) is 3.21. The van der Waals surface area contributed by atoms with Crippen LogP contribution in [-0.4, -0.2) is 56.2 Å². The first kappa shape index (κ1) is 26.8. The van der Waals surface area contributed by atoms with E-state index in [0.29, 0.717) is 48.0 Å². The van der Waals surface area contributed by atoms with Crippen molar-refractivity contribution in [1.82, 2.24) is 4.90 Å². The molecule has 0 spiro atoms. The maximum Gasteiger partial charge on any atom is 0.295 e. The Morgan fingerprint density at radius 2 is 1.61 bits per heavy atom. The zero-order chi connectivity index (χ0) is 27.1. The van der Waals surface area contributed by atoms with Gasteiger partial charge in [-0.2, -0.15) is 0 Å². The number of methoxy groups -OCH3 is 3. The molecule has 0 radical (unpaired) electrons. The number of ether oxygens (including phenoxy) is 4. The quantitative estimate of drug-likeness (QED) is 0.170. The van der Waals surface area contributed by atoms with E-state index in [0.717, 1.165) is 5.56 Å². The largest absolute Gasteiger partial charge is 0.507 e. The number of hydrogen-bond acceptors (Lipinski definition) is 7. The molecular weight excluding hydrogens is 486 g/mol. The topological polar surface area (TPSA) is 94.5 Å². The van der Waals surface area contributed by atoms with Crippen LogP contribution in [0.1, 0.15) is 29.2 Å². The second-order valence-electron chi connectivity index (χ2n) is 8.75. The van der Waals surface area contributed by atoms with Crippen LogP contribution in [0.2, 0.25) is 0 Å². The lowest BCUT2D eigenvalue weighted by molar-refractivity contribution is -0.140. The summed E-state index contributed by atoms with van der Waals surface area (Å²) in [6, 6.07) is 21.1. The van der Waals surface area contributed by atoms with Crippen molar-refractivity contribution < 1.29 is 33.6 Å². The molecular formula is C30H31NO7. The van der Waals surface area contributed by atoms with Gasteiger partial charge in [-0.05, 0) is 47.9 Å². The summed E-state index contributed by atoms with van der Waals surface area (Å²) in [7, 11) is 4.57. The first-order chi connectivity index (χ1) is 18.5. The van der Waals surface area contributed by atoms with Crippen LogP contribution in [0.15, 0.2) is 78.4 Å². The van der Waals surface area contributed by atoms with Gasteiger partial charge < -0.3 is 29.0 Å². The summed E-state index contributed by atoms with van der Waals surface area (Å²) in [4.78, 5) is 27.8. The van der Waals surface area contributed by atoms with Gasteiger partial charge in [0.25, 0.3) is 11.7 Å². The van der Waals surface area contributed by atoms with Crippen LogP contribution in [0.25, 0.3) is 5.76 Å². The zero-order valence-electron chi connectivity index (χ0n) is 21.7. The standard InChI is InChI=1S/C30H31NO7/c1-35-17-7-16-31-27(21-10-13-23(14-11-21)38-19-20-8-5-4-6-9-20)26(29(33)30(31)34)28(32)22-12-15-24(36-2)25(18-22)37-3/h4-6,8-15,18,27,32H,7,16-17,19H2,1-3H3/b28-26-. The molecule has 0 bridgehead atoms. The van der Waals surface area contributed by atoms with Crippen LogP contribution in [-0.2, 0) is 20.9 Å². The molecule has 4 rings (SSSR count). The number of nitrogens with zero attached hydrogens (tertiary/aromatic N) is 1. The van der Waals surface area contributed by atoms with Gasteiger partial charge in [0.05, 0.1) is 25.8 Å². The van der Waals surface area contributed by atoms with Crippen molar-refractivity contribution in [3.05, 3.63) is 95.1 Å². The fourth-order valence-electron chi connectivity index (χ4n) is 4.46. The molecule has 1 unspecified atom stereocenters. The molecule has 1 aliphatic rings. The third kappa shape index (κ3) is 5.65. The van der Waals surface area contributed by atoms with Crippen LogP contribution in [0.3, 0.4) is 0 Å². The molecule has 1 heterocycles. The third-order valence-corrected chi connectivity index (χ3v) is 6.39. The predicted molar refractivity (Wildman–Crippen MR) is 142 cm³/mol. The van der Waals surface area contributed by atoms with E-state index in [1.165, 1.54) is 19.1 Å². The molecule has 1 atom stereocenters. The number of aliphatic hydroxyl groups is 1. The lowest BCUT2D eigenvalue weighted by atomic mass is 9.95. The molecule has 38 heavy (non-hydrogen) atoms. The summed E-state index contributed by atoms with van der Waals surface area (Å²) in [5.74, 6) is -0.183. The van der Waals surface area contributed by atoms with Gasteiger partial charge >= 0.3 is 0 Å². The molecule has 0 saturated carbocycles. The van der Waals surface area contributed by atoms with Gasteiger partial charge in [-0.15, -0.1) is 0 Å². The van der Waals surface area contributed by atoms with Crippen LogP contribution >= 0.6 is 0 Å². The van der Waals surface area contributed by atoms with Crippen molar-refractivity contribution in [3.8, 4) is 17.2 Å². The maximum atomic E-state index is 13.2. The Morgan fingerprint density at radius 3 is 2.26 bits per heavy atom. The second kappa shape index (κ2) is 12.3. The Bertz CT molecular complexity index is 1300. The van der Waals surface area contributed by atoms with E-state index in [-0.39, 0.29) is 17.9 Å². The molecule has 0 aliphatic carbocycles. The van der Waals surface area contributed by atoms with Crippen LogP contribution in [0.4, 0.5) is 0 Å². The Morgan fingerprint density at radius 1 is 0.895 bits per heavy atom. The van der Waals surface area contributed by atoms with Crippen molar-refractivity contribution >= 4 is 17.4 Å². The number of ketones is 1. The van der Waals surface area contributed by atoms with Gasteiger partial charge in [-0.25, -0.2) is 0 Å². The number of hydrogen-bond donors (Lipinski definition) is 1. The fourth-order valence-corrected chi connectivity index (χ4v) is 4.46. The minimum Gasteiger partial charge on any atom is -0.507 e. The molecule has 1 amide bonds. The van der Waals surface area contributed by atoms with Gasteiger partial charge in [0.1, 0.15) is 18.1 Å². The van der Waals surface area contributed by atoms with Crippen LogP contribution < -0.4 is 14.2 Å². The number of rotatable bonds is 11. The Balaban J connectivity index is 1.70. The zero-order valence-corrected chi connectivity index (χ0v) is 21.7. The highest BCUT2D eigenvalue weighted by molar-refractivity contribution is 6.46. The molecule has 8 heteroatoms. The van der Waals surface area contributed by atoms with Gasteiger partial charge in [-0.3, -0.25) is 9.59 Å². The second-order valence-corrected chi connectivity index (χ2v) is 8.75. The minimum atomic E-state index is -0.775. The normalized spacial score (nSPS) is 16.5. The number of benzene rings is 3. The van der Waals surface area contributed by atoms with Gasteiger partial charge in [0.2, 0.25) is 0 Å². The first-order valence-electron chi connectivity index (χ1n) is 12.2. The van der Waals surface area contributed by atoms with E-state index in [1.54, 1.807) is 37.4 Å². The fraction of sp³-hybridized carbons (Fsp3) is 0.267. The lowest BCUT2D eigenvalue weighted by Crippen LogP contribution is -2.31. The first-order valence-corrected chi connectivity index (χ1v) is 12.2. The Kier molecular flexibility index (Phi) is 8.66. The molecule has 1 saturated heterocycles. The highest BCUT2D eigenvalue weighted by atomic mass is 16.5. The summed E-state index contributed by atoms with van der Waals surface area (Å²) in [5, 5.41) is 11.3.